The molecule has 0 bridgehead atoms. The van der Waals surface area contributed by atoms with Crippen LogP contribution in [0, 0.1) is 0 Å². The van der Waals surface area contributed by atoms with Crippen LogP contribution in [0.1, 0.15) is 43.4 Å². The molecule has 0 amide bonds. The van der Waals surface area contributed by atoms with Crippen molar-refractivity contribution in [3.8, 4) is 22.9 Å². The van der Waals surface area contributed by atoms with Gasteiger partial charge in [-0.3, -0.25) is 9.36 Å². The SMILES string of the molecule is CC(NCc1ccc(Cn2c(-c3cc(C(C)C)c(O)cc3O)n[nH]c2=O)cc1)C(=O)O. The van der Waals surface area contributed by atoms with Gasteiger partial charge in [-0.05, 0) is 35.6 Å². The number of carboxylic acids is 1. The molecule has 0 fully saturated rings. The minimum atomic E-state index is -0.915. The summed E-state index contributed by atoms with van der Waals surface area (Å²) in [6, 6.07) is 9.66. The van der Waals surface area contributed by atoms with E-state index in [2.05, 4.69) is 15.5 Å². The fourth-order valence-electron chi connectivity index (χ4n) is 3.21. The van der Waals surface area contributed by atoms with Crippen molar-refractivity contribution in [3.05, 3.63) is 63.6 Å². The van der Waals surface area contributed by atoms with Gasteiger partial charge in [0.15, 0.2) is 5.82 Å². The Morgan fingerprint density at radius 1 is 1.10 bits per heavy atom. The summed E-state index contributed by atoms with van der Waals surface area (Å²) in [5.41, 5.74) is 2.32. The number of aliphatic carboxylic acids is 1. The lowest BCUT2D eigenvalue weighted by Gasteiger charge is -2.13. The first-order chi connectivity index (χ1) is 14.7. The van der Waals surface area contributed by atoms with Gasteiger partial charge in [0, 0.05) is 12.6 Å². The molecular weight excluding hydrogens is 400 g/mol. The first kappa shape index (κ1) is 22.1. The third-order valence-corrected chi connectivity index (χ3v) is 5.11. The van der Waals surface area contributed by atoms with E-state index in [-0.39, 0.29) is 29.8 Å². The summed E-state index contributed by atoms with van der Waals surface area (Å²) in [5, 5.41) is 38.8. The smallest absolute Gasteiger partial charge is 0.343 e. The number of aromatic hydroxyl groups is 2. The highest BCUT2D eigenvalue weighted by Crippen LogP contribution is 2.36. The molecule has 0 radical (unpaired) electrons. The summed E-state index contributed by atoms with van der Waals surface area (Å²) in [5.74, 6) is -0.811. The zero-order valence-electron chi connectivity index (χ0n) is 17.6. The number of aromatic nitrogens is 3. The second-order valence-corrected chi connectivity index (χ2v) is 7.78. The Hall–Kier alpha value is -3.59. The largest absolute Gasteiger partial charge is 0.508 e. The van der Waals surface area contributed by atoms with Gasteiger partial charge in [0.1, 0.15) is 17.5 Å². The van der Waals surface area contributed by atoms with Gasteiger partial charge >= 0.3 is 11.7 Å². The van der Waals surface area contributed by atoms with Crippen molar-refractivity contribution < 1.29 is 20.1 Å². The number of rotatable bonds is 8. The van der Waals surface area contributed by atoms with Crippen molar-refractivity contribution in [2.24, 2.45) is 0 Å². The van der Waals surface area contributed by atoms with Crippen LogP contribution in [0.15, 0.2) is 41.2 Å². The van der Waals surface area contributed by atoms with Gasteiger partial charge in [-0.2, -0.15) is 5.10 Å². The molecule has 0 aliphatic rings. The first-order valence-corrected chi connectivity index (χ1v) is 9.92. The second kappa shape index (κ2) is 9.05. The first-order valence-electron chi connectivity index (χ1n) is 9.92. The Balaban J connectivity index is 1.85. The van der Waals surface area contributed by atoms with Gasteiger partial charge in [-0.1, -0.05) is 38.1 Å². The Morgan fingerprint density at radius 3 is 2.35 bits per heavy atom. The monoisotopic (exact) mass is 426 g/mol. The molecule has 9 heteroatoms. The lowest BCUT2D eigenvalue weighted by Crippen LogP contribution is -2.33. The van der Waals surface area contributed by atoms with Crippen molar-refractivity contribution in [1.29, 1.82) is 0 Å². The van der Waals surface area contributed by atoms with Crippen molar-refractivity contribution >= 4 is 5.97 Å². The molecule has 0 saturated carbocycles. The number of carboxylic acid groups (broad SMARTS) is 1. The maximum atomic E-state index is 12.4. The quantitative estimate of drug-likeness (QED) is 0.372. The van der Waals surface area contributed by atoms with Crippen LogP contribution in [0.5, 0.6) is 11.5 Å². The molecule has 0 spiro atoms. The van der Waals surface area contributed by atoms with E-state index in [1.807, 2.05) is 38.1 Å². The van der Waals surface area contributed by atoms with E-state index in [1.54, 1.807) is 13.0 Å². The van der Waals surface area contributed by atoms with Crippen molar-refractivity contribution in [3.63, 3.8) is 0 Å². The molecule has 0 aliphatic carbocycles. The number of H-pyrrole nitrogens is 1. The molecule has 164 valence electrons. The van der Waals surface area contributed by atoms with Crippen molar-refractivity contribution in [2.75, 3.05) is 0 Å². The topological polar surface area (TPSA) is 140 Å². The molecule has 1 aromatic heterocycles. The highest BCUT2D eigenvalue weighted by Gasteiger charge is 2.19. The number of aromatic amines is 1. The van der Waals surface area contributed by atoms with E-state index < -0.39 is 17.7 Å². The zero-order valence-corrected chi connectivity index (χ0v) is 17.6. The second-order valence-electron chi connectivity index (χ2n) is 7.78. The number of nitrogens with one attached hydrogen (secondary N) is 2. The van der Waals surface area contributed by atoms with Gasteiger partial charge in [0.25, 0.3) is 0 Å². The maximum Gasteiger partial charge on any atom is 0.343 e. The molecule has 9 nitrogen and oxygen atoms in total. The average molecular weight is 426 g/mol. The van der Waals surface area contributed by atoms with Crippen LogP contribution >= 0.6 is 0 Å². The van der Waals surface area contributed by atoms with Crippen molar-refractivity contribution in [1.82, 2.24) is 20.1 Å². The third kappa shape index (κ3) is 4.95. The van der Waals surface area contributed by atoms with E-state index in [0.717, 1.165) is 11.1 Å². The Morgan fingerprint density at radius 2 is 1.74 bits per heavy atom. The minimum absolute atomic E-state index is 0.0119. The van der Waals surface area contributed by atoms with Crippen LogP contribution in [0.25, 0.3) is 11.4 Å². The molecule has 1 heterocycles. The lowest BCUT2D eigenvalue weighted by atomic mass is 9.98. The van der Waals surface area contributed by atoms with E-state index in [9.17, 15) is 19.8 Å². The molecule has 3 aromatic rings. The van der Waals surface area contributed by atoms with Gasteiger partial charge in [-0.25, -0.2) is 9.89 Å². The number of benzene rings is 2. The van der Waals surface area contributed by atoms with Crippen LogP contribution in [0.3, 0.4) is 0 Å². The number of carbonyl (C=O) groups is 1. The van der Waals surface area contributed by atoms with Gasteiger partial charge in [0.2, 0.25) is 0 Å². The van der Waals surface area contributed by atoms with E-state index >= 15 is 0 Å². The maximum absolute atomic E-state index is 12.4. The number of hydrogen-bond donors (Lipinski definition) is 5. The molecule has 0 aliphatic heterocycles. The fraction of sp³-hybridized carbons (Fsp3) is 0.318. The van der Waals surface area contributed by atoms with Crippen LogP contribution in [0.4, 0.5) is 0 Å². The van der Waals surface area contributed by atoms with Crippen LogP contribution in [0.2, 0.25) is 0 Å². The molecule has 0 saturated heterocycles. The van der Waals surface area contributed by atoms with E-state index in [4.69, 9.17) is 5.11 Å². The molecule has 31 heavy (non-hydrogen) atoms. The molecule has 1 unspecified atom stereocenters. The lowest BCUT2D eigenvalue weighted by molar-refractivity contribution is -0.139. The Bertz CT molecular complexity index is 1130. The number of hydrogen-bond acceptors (Lipinski definition) is 6. The van der Waals surface area contributed by atoms with E-state index in [1.165, 1.54) is 10.6 Å². The summed E-state index contributed by atoms with van der Waals surface area (Å²) >= 11 is 0. The normalized spacial score (nSPS) is 12.3. The highest BCUT2D eigenvalue weighted by atomic mass is 16.4. The van der Waals surface area contributed by atoms with E-state index in [0.29, 0.717) is 17.7 Å². The van der Waals surface area contributed by atoms with Gasteiger partial charge < -0.3 is 20.6 Å². The summed E-state index contributed by atoms with van der Waals surface area (Å²) in [4.78, 5) is 23.3. The average Bonchev–Trinajstić information content (AvgIpc) is 3.07. The third-order valence-electron chi connectivity index (χ3n) is 5.11. The Kier molecular flexibility index (Phi) is 6.45. The summed E-state index contributed by atoms with van der Waals surface area (Å²) in [7, 11) is 0. The minimum Gasteiger partial charge on any atom is -0.508 e. The predicted molar refractivity (Wildman–Crippen MR) is 115 cm³/mol. The standard InChI is InChI=1S/C22H26N4O5/c1-12(2)16-8-17(19(28)9-18(16)27)20-24-25-22(31)26(20)11-15-6-4-14(5-7-15)10-23-13(3)21(29)30/h4-9,12-13,23,27-28H,10-11H2,1-3H3,(H,25,31)(H,29,30). The van der Waals surface area contributed by atoms with Gasteiger partial charge in [-0.15, -0.1) is 0 Å². The highest BCUT2D eigenvalue weighted by molar-refractivity contribution is 5.72. The molecule has 5 N–H and O–H groups in total. The van der Waals surface area contributed by atoms with Gasteiger partial charge in [0.05, 0.1) is 12.1 Å². The molecule has 3 rings (SSSR count). The molecular formula is C22H26N4O5. The summed E-state index contributed by atoms with van der Waals surface area (Å²) < 4.78 is 1.41. The molecule has 1 atom stereocenters. The number of phenolic OH excluding ortho intramolecular Hbond substituents is 2. The molecule has 2 aromatic carbocycles. The summed E-state index contributed by atoms with van der Waals surface area (Å²) in [6.45, 7) is 6.04. The van der Waals surface area contributed by atoms with Crippen LogP contribution in [-0.2, 0) is 17.9 Å². The summed E-state index contributed by atoms with van der Waals surface area (Å²) in [6.07, 6.45) is 0. The number of nitrogens with zero attached hydrogens (tertiary/aromatic N) is 2. The van der Waals surface area contributed by atoms with Crippen LogP contribution in [-0.4, -0.2) is 42.1 Å². The fourth-order valence-corrected chi connectivity index (χ4v) is 3.21. The predicted octanol–water partition coefficient (Wildman–Crippen LogP) is 2.38. The Labute approximate surface area is 179 Å². The van der Waals surface area contributed by atoms with Crippen molar-refractivity contribution in [2.45, 2.75) is 45.8 Å². The zero-order chi connectivity index (χ0) is 22.7. The van der Waals surface area contributed by atoms with Crippen LogP contribution < -0.4 is 11.0 Å². The number of phenols is 2.